The molecule has 0 amide bonds. The van der Waals surface area contributed by atoms with Crippen LogP contribution in [0, 0.1) is 0 Å². The van der Waals surface area contributed by atoms with Crippen molar-refractivity contribution in [3.8, 4) is 11.5 Å². The van der Waals surface area contributed by atoms with E-state index < -0.39 is 6.61 Å². The highest BCUT2D eigenvalue weighted by Crippen LogP contribution is 2.34. The van der Waals surface area contributed by atoms with E-state index in [0.717, 1.165) is 36.1 Å². The molecular weight excluding hydrogens is 398 g/mol. The number of nitrogens with zero attached hydrogens (tertiary/aromatic N) is 1. The van der Waals surface area contributed by atoms with Gasteiger partial charge in [0.25, 0.3) is 5.56 Å². The number of halogens is 2. The minimum atomic E-state index is -2.98. The molecule has 0 fully saturated rings. The predicted octanol–water partition coefficient (Wildman–Crippen LogP) is 5.03. The maximum Gasteiger partial charge on any atom is 0.387 e. The van der Waals surface area contributed by atoms with E-state index in [9.17, 15) is 13.6 Å². The molecule has 0 saturated carbocycles. The number of fused-ring (bicyclic) bond motifs is 3. The molecule has 1 aliphatic carbocycles. The van der Waals surface area contributed by atoms with Crippen LogP contribution in [0.15, 0.2) is 23.0 Å². The number of para-hydroxylation sites is 1. The van der Waals surface area contributed by atoms with Gasteiger partial charge in [0.05, 0.1) is 12.5 Å². The van der Waals surface area contributed by atoms with Gasteiger partial charge in [0.15, 0.2) is 11.5 Å². The Bertz CT molecular complexity index is 1120. The molecule has 1 aromatic carbocycles. The van der Waals surface area contributed by atoms with Crippen molar-refractivity contribution in [1.82, 2.24) is 9.97 Å². The largest absolute Gasteiger partial charge is 0.493 e. The SMILES string of the molecule is COc1cccc(/C=C/c2nc3sc4c(c3c(=O)[nH]2)CCCCC4)c1OC(F)F. The van der Waals surface area contributed by atoms with Gasteiger partial charge in [-0.2, -0.15) is 8.78 Å². The van der Waals surface area contributed by atoms with Gasteiger partial charge >= 0.3 is 6.61 Å². The lowest BCUT2D eigenvalue weighted by atomic mass is 10.1. The van der Waals surface area contributed by atoms with Crippen LogP contribution in [0.5, 0.6) is 11.5 Å². The monoisotopic (exact) mass is 418 g/mol. The van der Waals surface area contributed by atoms with Crippen molar-refractivity contribution in [2.24, 2.45) is 0 Å². The highest BCUT2D eigenvalue weighted by molar-refractivity contribution is 7.18. The summed E-state index contributed by atoms with van der Waals surface area (Å²) in [5.41, 5.74) is 1.37. The molecule has 2 heterocycles. The lowest BCUT2D eigenvalue weighted by Crippen LogP contribution is -2.10. The number of aromatic nitrogens is 2. The summed E-state index contributed by atoms with van der Waals surface area (Å²) in [5, 5.41) is 0.687. The van der Waals surface area contributed by atoms with Crippen LogP contribution in [0.4, 0.5) is 8.78 Å². The van der Waals surface area contributed by atoms with Gasteiger partial charge in [0.2, 0.25) is 0 Å². The van der Waals surface area contributed by atoms with Gasteiger partial charge in [-0.1, -0.05) is 18.6 Å². The summed E-state index contributed by atoms with van der Waals surface area (Å²) in [5.74, 6) is 0.503. The van der Waals surface area contributed by atoms with Crippen LogP contribution < -0.4 is 15.0 Å². The zero-order chi connectivity index (χ0) is 20.4. The highest BCUT2D eigenvalue weighted by Gasteiger charge is 2.19. The minimum absolute atomic E-state index is 0.0625. The van der Waals surface area contributed by atoms with E-state index in [4.69, 9.17) is 4.74 Å². The van der Waals surface area contributed by atoms with Crippen molar-refractivity contribution >= 4 is 33.7 Å². The summed E-state index contributed by atoms with van der Waals surface area (Å²) in [6.45, 7) is -2.98. The van der Waals surface area contributed by atoms with Gasteiger partial charge < -0.3 is 14.5 Å². The molecule has 29 heavy (non-hydrogen) atoms. The standard InChI is InChI=1S/C21H20F2N2O3S/c1-27-14-8-5-6-12(18(14)28-21(22)23)10-11-16-24-19(26)17-13-7-3-2-4-9-15(13)29-20(17)25-16/h5-6,8,10-11,21H,2-4,7,9H2,1H3,(H,24,25,26)/b11-10+. The van der Waals surface area contributed by atoms with E-state index in [1.165, 1.54) is 18.4 Å². The van der Waals surface area contributed by atoms with Crippen molar-refractivity contribution in [1.29, 1.82) is 0 Å². The summed E-state index contributed by atoms with van der Waals surface area (Å²) in [4.78, 5) is 22.0. The molecule has 2 aromatic heterocycles. The number of H-pyrrole nitrogens is 1. The van der Waals surface area contributed by atoms with Crippen LogP contribution in [0.3, 0.4) is 0 Å². The first-order valence-electron chi connectivity index (χ1n) is 9.41. The maximum atomic E-state index is 12.8. The van der Waals surface area contributed by atoms with E-state index >= 15 is 0 Å². The second-order valence-electron chi connectivity index (χ2n) is 6.79. The number of aryl methyl sites for hydroxylation is 2. The van der Waals surface area contributed by atoms with E-state index in [1.54, 1.807) is 41.7 Å². The Hall–Kier alpha value is -2.74. The summed E-state index contributed by atoms with van der Waals surface area (Å²) < 4.78 is 35.3. The zero-order valence-corrected chi connectivity index (χ0v) is 16.7. The van der Waals surface area contributed by atoms with E-state index in [2.05, 4.69) is 14.7 Å². The fourth-order valence-electron chi connectivity index (χ4n) is 3.64. The third kappa shape index (κ3) is 4.03. The topological polar surface area (TPSA) is 64.2 Å². The number of hydrogen-bond donors (Lipinski definition) is 1. The molecule has 4 rings (SSSR count). The van der Waals surface area contributed by atoms with Crippen molar-refractivity contribution in [3.63, 3.8) is 0 Å². The average molecular weight is 418 g/mol. The first kappa shape index (κ1) is 19.6. The lowest BCUT2D eigenvalue weighted by Gasteiger charge is -2.12. The molecule has 1 N–H and O–H groups in total. The molecule has 5 nitrogen and oxygen atoms in total. The molecule has 3 aromatic rings. The summed E-state index contributed by atoms with van der Waals surface area (Å²) in [6.07, 6.45) is 8.45. The fraction of sp³-hybridized carbons (Fsp3) is 0.333. The van der Waals surface area contributed by atoms with Gasteiger partial charge in [-0.3, -0.25) is 4.79 Å². The number of thiophene rings is 1. The van der Waals surface area contributed by atoms with Crippen molar-refractivity contribution in [3.05, 3.63) is 50.4 Å². The van der Waals surface area contributed by atoms with Crippen LogP contribution in [-0.2, 0) is 12.8 Å². The molecule has 0 atom stereocenters. The molecular formula is C21H20F2N2O3S. The molecule has 8 heteroatoms. The number of nitrogens with one attached hydrogen (secondary N) is 1. The van der Waals surface area contributed by atoms with E-state index in [1.807, 2.05) is 0 Å². The van der Waals surface area contributed by atoms with E-state index in [0.29, 0.717) is 16.8 Å². The summed E-state index contributed by atoms with van der Waals surface area (Å²) in [6, 6.07) is 4.84. The van der Waals surface area contributed by atoms with Gasteiger partial charge in [-0.25, -0.2) is 4.98 Å². The number of ether oxygens (including phenoxy) is 2. The normalized spacial score (nSPS) is 14.3. The Balaban J connectivity index is 1.72. The number of alkyl halides is 2. The smallest absolute Gasteiger partial charge is 0.387 e. The second kappa shape index (κ2) is 8.32. The Morgan fingerprint density at radius 1 is 1.21 bits per heavy atom. The molecule has 0 saturated heterocycles. The summed E-state index contributed by atoms with van der Waals surface area (Å²) >= 11 is 1.57. The number of rotatable bonds is 5. The first-order valence-corrected chi connectivity index (χ1v) is 10.2. The van der Waals surface area contributed by atoms with Crippen molar-refractivity contribution in [2.45, 2.75) is 38.7 Å². The Labute approximate surface area is 170 Å². The van der Waals surface area contributed by atoms with Crippen molar-refractivity contribution < 1.29 is 18.3 Å². The number of benzene rings is 1. The molecule has 0 spiro atoms. The van der Waals surface area contributed by atoms with Gasteiger partial charge in [-0.15, -0.1) is 11.3 Å². The number of hydrogen-bond acceptors (Lipinski definition) is 5. The van der Waals surface area contributed by atoms with Crippen LogP contribution in [0.2, 0.25) is 0 Å². The zero-order valence-electron chi connectivity index (χ0n) is 15.8. The Kier molecular flexibility index (Phi) is 5.62. The Morgan fingerprint density at radius 2 is 2.03 bits per heavy atom. The van der Waals surface area contributed by atoms with Crippen LogP contribution in [0.25, 0.3) is 22.4 Å². The molecule has 0 unspecified atom stereocenters. The molecule has 1 aliphatic rings. The number of methoxy groups -OCH3 is 1. The quantitative estimate of drug-likeness (QED) is 0.590. The van der Waals surface area contributed by atoms with Crippen LogP contribution in [-0.4, -0.2) is 23.7 Å². The third-order valence-electron chi connectivity index (χ3n) is 4.95. The third-order valence-corrected chi connectivity index (χ3v) is 6.14. The second-order valence-corrected chi connectivity index (χ2v) is 7.87. The lowest BCUT2D eigenvalue weighted by molar-refractivity contribution is -0.0513. The van der Waals surface area contributed by atoms with Gasteiger partial charge in [-0.05, 0) is 49.5 Å². The highest BCUT2D eigenvalue weighted by atomic mass is 32.1. The van der Waals surface area contributed by atoms with Crippen molar-refractivity contribution in [2.75, 3.05) is 7.11 Å². The average Bonchev–Trinajstić information content (AvgIpc) is 2.88. The van der Waals surface area contributed by atoms with Crippen LogP contribution >= 0.6 is 11.3 Å². The van der Waals surface area contributed by atoms with E-state index in [-0.39, 0.29) is 17.1 Å². The molecule has 0 aliphatic heterocycles. The predicted molar refractivity (Wildman–Crippen MR) is 110 cm³/mol. The molecule has 0 radical (unpaired) electrons. The number of aromatic amines is 1. The van der Waals surface area contributed by atoms with Crippen LogP contribution in [0.1, 0.15) is 41.1 Å². The molecule has 152 valence electrons. The van der Waals surface area contributed by atoms with Gasteiger partial charge in [0.1, 0.15) is 10.7 Å². The molecule has 0 bridgehead atoms. The first-order chi connectivity index (χ1) is 14.1. The fourth-order valence-corrected chi connectivity index (χ4v) is 4.91. The Morgan fingerprint density at radius 3 is 2.83 bits per heavy atom. The maximum absolute atomic E-state index is 12.8. The minimum Gasteiger partial charge on any atom is -0.493 e. The summed E-state index contributed by atoms with van der Waals surface area (Å²) in [7, 11) is 1.38. The van der Waals surface area contributed by atoms with Gasteiger partial charge in [0, 0.05) is 10.4 Å².